The van der Waals surface area contributed by atoms with Crippen molar-refractivity contribution in [3.63, 3.8) is 0 Å². The molecule has 0 saturated heterocycles. The monoisotopic (exact) mass is 450 g/mol. The van der Waals surface area contributed by atoms with Crippen molar-refractivity contribution in [2.24, 2.45) is 0 Å². The van der Waals surface area contributed by atoms with Gasteiger partial charge in [0.2, 0.25) is 15.9 Å². The highest BCUT2D eigenvalue weighted by atomic mass is 32.2. The summed E-state index contributed by atoms with van der Waals surface area (Å²) in [6.45, 7) is 1.93. The molecule has 0 aliphatic rings. The van der Waals surface area contributed by atoms with Crippen LogP contribution in [0.4, 0.5) is 5.69 Å². The Morgan fingerprint density at radius 1 is 0.968 bits per heavy atom. The summed E-state index contributed by atoms with van der Waals surface area (Å²) in [4.78, 5) is 12.5. The minimum atomic E-state index is -3.68. The molecule has 0 saturated carbocycles. The molecule has 0 atom stereocenters. The molecular formula is C22H30N2O6S. The SMILES string of the molecule is COc1ccc(CCCNC(=O)CN(c2cc(C)ccc2OC)S(C)(=O)=O)cc1OC. The van der Waals surface area contributed by atoms with Crippen LogP contribution in [-0.2, 0) is 21.2 Å². The van der Waals surface area contributed by atoms with Crippen LogP contribution < -0.4 is 23.8 Å². The van der Waals surface area contributed by atoms with Gasteiger partial charge in [-0.3, -0.25) is 9.10 Å². The summed E-state index contributed by atoms with van der Waals surface area (Å²) < 4.78 is 41.6. The van der Waals surface area contributed by atoms with E-state index in [1.54, 1.807) is 26.4 Å². The molecule has 2 rings (SSSR count). The Morgan fingerprint density at radius 2 is 1.61 bits per heavy atom. The van der Waals surface area contributed by atoms with Gasteiger partial charge in [0.1, 0.15) is 12.3 Å². The molecule has 1 N–H and O–H groups in total. The second-order valence-corrected chi connectivity index (χ2v) is 8.99. The molecule has 2 aromatic rings. The topological polar surface area (TPSA) is 94.2 Å². The number of sulfonamides is 1. The first kappa shape index (κ1) is 24.3. The molecule has 2 aromatic carbocycles. The predicted molar refractivity (Wildman–Crippen MR) is 121 cm³/mol. The molecule has 0 aliphatic heterocycles. The minimum Gasteiger partial charge on any atom is -0.495 e. The number of nitrogens with one attached hydrogen (secondary N) is 1. The maximum absolute atomic E-state index is 12.5. The lowest BCUT2D eigenvalue weighted by molar-refractivity contribution is -0.119. The number of hydrogen-bond acceptors (Lipinski definition) is 6. The molecule has 8 nitrogen and oxygen atoms in total. The maximum Gasteiger partial charge on any atom is 0.240 e. The minimum absolute atomic E-state index is 0.324. The lowest BCUT2D eigenvalue weighted by Crippen LogP contribution is -2.40. The smallest absolute Gasteiger partial charge is 0.240 e. The lowest BCUT2D eigenvalue weighted by Gasteiger charge is -2.24. The van der Waals surface area contributed by atoms with E-state index in [4.69, 9.17) is 14.2 Å². The molecule has 31 heavy (non-hydrogen) atoms. The molecule has 170 valence electrons. The highest BCUT2D eigenvalue weighted by molar-refractivity contribution is 7.92. The van der Waals surface area contributed by atoms with Crippen LogP contribution in [0.2, 0.25) is 0 Å². The summed E-state index contributed by atoms with van der Waals surface area (Å²) in [7, 11) is 0.942. The van der Waals surface area contributed by atoms with Gasteiger partial charge in [-0.25, -0.2) is 8.42 Å². The quantitative estimate of drug-likeness (QED) is 0.529. The van der Waals surface area contributed by atoms with Crippen molar-refractivity contribution >= 4 is 21.6 Å². The van der Waals surface area contributed by atoms with Crippen molar-refractivity contribution in [2.75, 3.05) is 45.0 Å². The van der Waals surface area contributed by atoms with E-state index in [1.807, 2.05) is 31.2 Å². The molecule has 0 aliphatic carbocycles. The van der Waals surface area contributed by atoms with E-state index in [9.17, 15) is 13.2 Å². The van der Waals surface area contributed by atoms with Crippen LogP contribution in [0.5, 0.6) is 17.2 Å². The molecule has 0 bridgehead atoms. The number of nitrogens with zero attached hydrogens (tertiary/aromatic N) is 1. The Labute approximate surface area is 184 Å². The van der Waals surface area contributed by atoms with Crippen molar-refractivity contribution in [1.82, 2.24) is 5.32 Å². The standard InChI is InChI=1S/C22H30N2O6S/c1-16-8-10-19(28-2)18(13-16)24(31(5,26)27)15-22(25)23-12-6-7-17-9-11-20(29-3)21(14-17)30-4/h8-11,13-14H,6-7,12,15H2,1-5H3,(H,23,25). The lowest BCUT2D eigenvalue weighted by atomic mass is 10.1. The van der Waals surface area contributed by atoms with Crippen LogP contribution in [0.25, 0.3) is 0 Å². The Morgan fingerprint density at radius 3 is 2.23 bits per heavy atom. The van der Waals surface area contributed by atoms with E-state index in [0.717, 1.165) is 28.1 Å². The molecule has 0 fully saturated rings. The van der Waals surface area contributed by atoms with Crippen molar-refractivity contribution < 1.29 is 27.4 Å². The van der Waals surface area contributed by atoms with Gasteiger partial charge in [-0.2, -0.15) is 0 Å². The van der Waals surface area contributed by atoms with Crippen molar-refractivity contribution in [3.8, 4) is 17.2 Å². The zero-order chi connectivity index (χ0) is 23.0. The van der Waals surface area contributed by atoms with Gasteiger partial charge in [-0.05, 0) is 55.2 Å². The first-order valence-corrected chi connectivity index (χ1v) is 11.6. The van der Waals surface area contributed by atoms with Gasteiger partial charge >= 0.3 is 0 Å². The first-order valence-electron chi connectivity index (χ1n) is 9.79. The number of carbonyl (C=O) groups is 1. The van der Waals surface area contributed by atoms with Gasteiger partial charge in [0.15, 0.2) is 11.5 Å². The number of amides is 1. The third kappa shape index (κ3) is 6.78. The summed E-state index contributed by atoms with van der Waals surface area (Å²) in [5, 5.41) is 2.79. The van der Waals surface area contributed by atoms with Crippen LogP contribution in [0, 0.1) is 6.92 Å². The fraction of sp³-hybridized carbons (Fsp3) is 0.409. The Hall–Kier alpha value is -2.94. The van der Waals surface area contributed by atoms with Crippen LogP contribution in [0.1, 0.15) is 17.5 Å². The molecule has 0 spiro atoms. The maximum atomic E-state index is 12.5. The Balaban J connectivity index is 1.98. The van der Waals surface area contributed by atoms with E-state index in [0.29, 0.717) is 35.9 Å². The van der Waals surface area contributed by atoms with Crippen molar-refractivity contribution in [3.05, 3.63) is 47.5 Å². The number of carbonyl (C=O) groups excluding carboxylic acids is 1. The molecule has 0 radical (unpaired) electrons. The van der Waals surface area contributed by atoms with Gasteiger partial charge in [0, 0.05) is 6.54 Å². The molecule has 0 aromatic heterocycles. The van der Waals surface area contributed by atoms with Crippen molar-refractivity contribution in [2.45, 2.75) is 19.8 Å². The molecule has 0 unspecified atom stereocenters. The summed E-state index contributed by atoms with van der Waals surface area (Å²) in [5.41, 5.74) is 2.25. The summed E-state index contributed by atoms with van der Waals surface area (Å²) in [6, 6.07) is 10.9. The zero-order valence-electron chi connectivity index (χ0n) is 18.6. The highest BCUT2D eigenvalue weighted by Crippen LogP contribution is 2.31. The Bertz CT molecular complexity index is 1010. The van der Waals surface area contributed by atoms with Crippen LogP contribution in [0.3, 0.4) is 0 Å². The average Bonchev–Trinajstić information content (AvgIpc) is 2.74. The van der Waals surface area contributed by atoms with E-state index in [2.05, 4.69) is 5.32 Å². The van der Waals surface area contributed by atoms with Crippen LogP contribution in [0.15, 0.2) is 36.4 Å². The third-order valence-electron chi connectivity index (χ3n) is 4.70. The third-order valence-corrected chi connectivity index (χ3v) is 5.83. The van der Waals surface area contributed by atoms with E-state index >= 15 is 0 Å². The number of rotatable bonds is 11. The van der Waals surface area contributed by atoms with E-state index in [1.165, 1.54) is 7.11 Å². The summed E-state index contributed by atoms with van der Waals surface area (Å²) in [5.74, 6) is 1.31. The average molecular weight is 451 g/mol. The van der Waals surface area contributed by atoms with Gasteiger partial charge in [-0.15, -0.1) is 0 Å². The fourth-order valence-electron chi connectivity index (χ4n) is 3.12. The molecule has 9 heteroatoms. The Kier molecular flexibility index (Phi) is 8.56. The number of hydrogen-bond donors (Lipinski definition) is 1. The normalized spacial score (nSPS) is 11.0. The number of ether oxygens (including phenoxy) is 3. The number of methoxy groups -OCH3 is 3. The number of anilines is 1. The summed E-state index contributed by atoms with van der Waals surface area (Å²) in [6.07, 6.45) is 2.48. The second-order valence-electron chi connectivity index (χ2n) is 7.09. The predicted octanol–water partition coefficient (Wildman–Crippen LogP) is 2.54. The number of aryl methyl sites for hydroxylation is 2. The molecule has 0 heterocycles. The van der Waals surface area contributed by atoms with Gasteiger partial charge in [-0.1, -0.05) is 12.1 Å². The fourth-order valence-corrected chi connectivity index (χ4v) is 3.97. The number of benzene rings is 2. The highest BCUT2D eigenvalue weighted by Gasteiger charge is 2.24. The van der Waals surface area contributed by atoms with Crippen molar-refractivity contribution in [1.29, 1.82) is 0 Å². The van der Waals surface area contributed by atoms with Crippen LogP contribution >= 0.6 is 0 Å². The largest absolute Gasteiger partial charge is 0.495 e. The second kappa shape index (κ2) is 10.9. The first-order chi connectivity index (χ1) is 14.7. The van der Waals surface area contributed by atoms with Gasteiger partial charge in [0.05, 0.1) is 33.3 Å². The van der Waals surface area contributed by atoms with Gasteiger partial charge < -0.3 is 19.5 Å². The van der Waals surface area contributed by atoms with E-state index in [-0.39, 0.29) is 12.5 Å². The van der Waals surface area contributed by atoms with E-state index < -0.39 is 10.0 Å². The molecular weight excluding hydrogens is 420 g/mol. The van der Waals surface area contributed by atoms with Crippen LogP contribution in [-0.4, -0.2) is 55.0 Å². The molecule has 1 amide bonds. The zero-order valence-corrected chi connectivity index (χ0v) is 19.4. The summed E-state index contributed by atoms with van der Waals surface area (Å²) >= 11 is 0. The van der Waals surface area contributed by atoms with Gasteiger partial charge in [0.25, 0.3) is 0 Å².